The van der Waals surface area contributed by atoms with Crippen molar-refractivity contribution in [1.82, 2.24) is 4.98 Å². The van der Waals surface area contributed by atoms with E-state index in [0.717, 1.165) is 5.01 Å². The average Bonchev–Trinajstić information content (AvgIpc) is 2.92. The number of thiazole rings is 1. The van der Waals surface area contributed by atoms with Crippen molar-refractivity contribution in [3.8, 4) is 0 Å². The van der Waals surface area contributed by atoms with Crippen LogP contribution in [0, 0.1) is 10.1 Å². The molecule has 0 aliphatic rings. The number of benzene rings is 1. The Morgan fingerprint density at radius 2 is 2.30 bits per heavy atom. The van der Waals surface area contributed by atoms with Crippen LogP contribution in [0.25, 0.3) is 0 Å². The second-order valence-corrected chi connectivity index (χ2v) is 4.96. The third kappa shape index (κ3) is 2.91. The monoisotopic (exact) mass is 293 g/mol. The van der Waals surface area contributed by atoms with E-state index < -0.39 is 16.6 Å². The lowest BCUT2D eigenvalue weighted by molar-refractivity contribution is -0.385. The molecule has 0 fully saturated rings. The van der Waals surface area contributed by atoms with Gasteiger partial charge in [-0.3, -0.25) is 10.1 Å². The van der Waals surface area contributed by atoms with Crippen molar-refractivity contribution in [2.45, 2.75) is 13.0 Å². The standard InChI is InChI=1S/C12H11N3O4S/c1-7(11-13-4-5-20-11)14-8-2-3-10(15(18)19)9(6-8)12(16)17/h2-7,14H,1H3,(H,16,17). The predicted molar refractivity (Wildman–Crippen MR) is 74.2 cm³/mol. The summed E-state index contributed by atoms with van der Waals surface area (Å²) in [5, 5.41) is 25.5. The molecule has 2 N–H and O–H groups in total. The Labute approximate surface area is 118 Å². The van der Waals surface area contributed by atoms with E-state index in [1.54, 1.807) is 6.20 Å². The van der Waals surface area contributed by atoms with Gasteiger partial charge in [0.15, 0.2) is 0 Å². The zero-order valence-corrected chi connectivity index (χ0v) is 11.3. The van der Waals surface area contributed by atoms with Crippen molar-refractivity contribution < 1.29 is 14.8 Å². The molecule has 0 radical (unpaired) electrons. The quantitative estimate of drug-likeness (QED) is 0.648. The highest BCUT2D eigenvalue weighted by Crippen LogP contribution is 2.26. The van der Waals surface area contributed by atoms with E-state index in [1.807, 2.05) is 12.3 Å². The summed E-state index contributed by atoms with van der Waals surface area (Å²) in [6.45, 7) is 1.88. The Balaban J connectivity index is 2.27. The molecule has 0 saturated carbocycles. The lowest BCUT2D eigenvalue weighted by atomic mass is 10.1. The molecule has 0 saturated heterocycles. The molecule has 2 rings (SSSR count). The van der Waals surface area contributed by atoms with Crippen LogP contribution in [0.4, 0.5) is 11.4 Å². The maximum Gasteiger partial charge on any atom is 0.342 e. The Morgan fingerprint density at radius 3 is 2.85 bits per heavy atom. The summed E-state index contributed by atoms with van der Waals surface area (Å²) in [5.41, 5.74) is -0.271. The van der Waals surface area contributed by atoms with E-state index >= 15 is 0 Å². The average molecular weight is 293 g/mol. The molecule has 0 aliphatic heterocycles. The maximum absolute atomic E-state index is 11.1. The first-order valence-corrected chi connectivity index (χ1v) is 6.54. The number of aromatic carboxylic acids is 1. The van der Waals surface area contributed by atoms with Crippen LogP contribution in [0.3, 0.4) is 0 Å². The number of nitrogens with zero attached hydrogens (tertiary/aromatic N) is 2. The number of nitrogens with one attached hydrogen (secondary N) is 1. The lowest BCUT2D eigenvalue weighted by Crippen LogP contribution is -2.08. The first-order chi connectivity index (χ1) is 9.49. The summed E-state index contributed by atoms with van der Waals surface area (Å²) < 4.78 is 0. The van der Waals surface area contributed by atoms with E-state index in [4.69, 9.17) is 5.11 Å². The first kappa shape index (κ1) is 13.9. The summed E-state index contributed by atoms with van der Waals surface area (Å²) >= 11 is 1.47. The molecule has 1 aromatic heterocycles. The number of aromatic nitrogens is 1. The highest BCUT2D eigenvalue weighted by Gasteiger charge is 2.20. The van der Waals surface area contributed by atoms with Gasteiger partial charge < -0.3 is 10.4 Å². The number of hydrogen-bond acceptors (Lipinski definition) is 6. The number of carboxylic acid groups (broad SMARTS) is 1. The molecule has 1 unspecified atom stereocenters. The van der Waals surface area contributed by atoms with E-state index in [2.05, 4.69) is 10.3 Å². The van der Waals surface area contributed by atoms with Gasteiger partial charge in [-0.1, -0.05) is 0 Å². The number of nitro groups is 1. The summed E-state index contributed by atoms with van der Waals surface area (Å²) in [4.78, 5) is 25.2. The fourth-order valence-corrected chi connectivity index (χ4v) is 2.36. The molecular weight excluding hydrogens is 282 g/mol. The Morgan fingerprint density at radius 1 is 1.55 bits per heavy atom. The van der Waals surface area contributed by atoms with Gasteiger partial charge in [-0.2, -0.15) is 0 Å². The molecular formula is C12H11N3O4S. The largest absolute Gasteiger partial charge is 0.477 e. The molecule has 1 atom stereocenters. The topological polar surface area (TPSA) is 105 Å². The van der Waals surface area contributed by atoms with Crippen molar-refractivity contribution in [3.05, 3.63) is 50.5 Å². The van der Waals surface area contributed by atoms with Crippen molar-refractivity contribution in [2.75, 3.05) is 5.32 Å². The SMILES string of the molecule is CC(Nc1ccc([N+](=O)[O-])c(C(=O)O)c1)c1nccs1. The zero-order valence-electron chi connectivity index (χ0n) is 10.4. The number of carboxylic acids is 1. The van der Waals surface area contributed by atoms with E-state index in [-0.39, 0.29) is 11.6 Å². The molecule has 0 spiro atoms. The lowest BCUT2D eigenvalue weighted by Gasteiger charge is -2.13. The summed E-state index contributed by atoms with van der Waals surface area (Å²) in [6.07, 6.45) is 1.68. The smallest absolute Gasteiger partial charge is 0.342 e. The van der Waals surface area contributed by atoms with Crippen molar-refractivity contribution >= 4 is 28.7 Å². The molecule has 1 heterocycles. The Hall–Kier alpha value is -2.48. The molecule has 1 aromatic carbocycles. The van der Waals surface area contributed by atoms with Crippen LogP contribution in [0.1, 0.15) is 28.3 Å². The molecule has 8 heteroatoms. The minimum absolute atomic E-state index is 0.113. The first-order valence-electron chi connectivity index (χ1n) is 5.66. The summed E-state index contributed by atoms with van der Waals surface area (Å²) in [5.74, 6) is -1.33. The summed E-state index contributed by atoms with van der Waals surface area (Å²) in [7, 11) is 0. The number of anilines is 1. The highest BCUT2D eigenvalue weighted by molar-refractivity contribution is 7.09. The number of carbonyl (C=O) groups is 1. The van der Waals surface area contributed by atoms with Crippen LogP contribution in [0.2, 0.25) is 0 Å². The highest BCUT2D eigenvalue weighted by atomic mass is 32.1. The third-order valence-electron chi connectivity index (χ3n) is 2.63. The summed E-state index contributed by atoms with van der Waals surface area (Å²) in [6, 6.07) is 3.80. The molecule has 104 valence electrons. The molecule has 7 nitrogen and oxygen atoms in total. The van der Waals surface area contributed by atoms with Gasteiger partial charge in [0.2, 0.25) is 0 Å². The van der Waals surface area contributed by atoms with Gasteiger partial charge in [0.05, 0.1) is 11.0 Å². The molecule has 2 aromatic rings. The van der Waals surface area contributed by atoms with Crippen LogP contribution >= 0.6 is 11.3 Å². The molecule has 0 aliphatic carbocycles. The van der Waals surface area contributed by atoms with Crippen molar-refractivity contribution in [2.24, 2.45) is 0 Å². The van der Waals surface area contributed by atoms with Gasteiger partial charge in [0.1, 0.15) is 10.6 Å². The zero-order chi connectivity index (χ0) is 14.7. The second-order valence-electron chi connectivity index (χ2n) is 4.03. The minimum Gasteiger partial charge on any atom is -0.477 e. The number of nitro benzene ring substituents is 1. The van der Waals surface area contributed by atoms with Gasteiger partial charge in [-0.15, -0.1) is 11.3 Å². The fraction of sp³-hybridized carbons (Fsp3) is 0.167. The number of hydrogen-bond donors (Lipinski definition) is 2. The fourth-order valence-electron chi connectivity index (χ4n) is 1.72. The van der Waals surface area contributed by atoms with Crippen LogP contribution in [0.15, 0.2) is 29.8 Å². The molecule has 20 heavy (non-hydrogen) atoms. The molecule has 0 bridgehead atoms. The van der Waals surface area contributed by atoms with E-state index in [9.17, 15) is 14.9 Å². The van der Waals surface area contributed by atoms with Crippen LogP contribution in [-0.4, -0.2) is 21.0 Å². The van der Waals surface area contributed by atoms with E-state index in [0.29, 0.717) is 5.69 Å². The van der Waals surface area contributed by atoms with Gasteiger partial charge in [0.25, 0.3) is 5.69 Å². The van der Waals surface area contributed by atoms with Gasteiger partial charge >= 0.3 is 5.97 Å². The molecule has 0 amide bonds. The third-order valence-corrected chi connectivity index (χ3v) is 3.59. The maximum atomic E-state index is 11.1. The van der Waals surface area contributed by atoms with Gasteiger partial charge in [-0.25, -0.2) is 9.78 Å². The normalized spacial score (nSPS) is 11.8. The van der Waals surface area contributed by atoms with Crippen molar-refractivity contribution in [1.29, 1.82) is 0 Å². The Kier molecular flexibility index (Phi) is 3.94. The van der Waals surface area contributed by atoms with E-state index in [1.165, 1.54) is 29.5 Å². The van der Waals surface area contributed by atoms with Gasteiger partial charge in [0, 0.05) is 23.3 Å². The van der Waals surface area contributed by atoms with Gasteiger partial charge in [-0.05, 0) is 19.1 Å². The minimum atomic E-state index is -1.33. The number of rotatable bonds is 5. The van der Waals surface area contributed by atoms with Crippen LogP contribution < -0.4 is 5.32 Å². The Bertz CT molecular complexity index is 642. The van der Waals surface area contributed by atoms with Crippen molar-refractivity contribution in [3.63, 3.8) is 0 Å². The second kappa shape index (κ2) is 5.66. The van der Waals surface area contributed by atoms with Crippen LogP contribution in [0.5, 0.6) is 0 Å². The van der Waals surface area contributed by atoms with Crippen LogP contribution in [-0.2, 0) is 0 Å². The predicted octanol–water partition coefficient (Wildman–Crippen LogP) is 2.92.